The van der Waals surface area contributed by atoms with E-state index in [9.17, 15) is 9.90 Å². The third kappa shape index (κ3) is 2.89. The summed E-state index contributed by atoms with van der Waals surface area (Å²) in [5.41, 5.74) is 0.855. The number of para-hydroxylation sites is 1. The molecule has 0 saturated carbocycles. The highest BCUT2D eigenvalue weighted by Crippen LogP contribution is 2.26. The third-order valence-corrected chi connectivity index (χ3v) is 3.05. The molecular formula is C14H10ClN5O2. The molecule has 0 aliphatic rings. The summed E-state index contributed by atoms with van der Waals surface area (Å²) < 4.78 is 0. The molecular weight excluding hydrogens is 306 g/mol. The Morgan fingerprint density at radius 2 is 1.95 bits per heavy atom. The highest BCUT2D eigenvalue weighted by Gasteiger charge is 2.15. The maximum Gasteiger partial charge on any atom is 0.297 e. The Hall–Kier alpha value is -2.93. The molecule has 2 N–H and O–H groups in total. The normalized spacial score (nSPS) is 10.4. The molecule has 0 radical (unpaired) electrons. The Kier molecular flexibility index (Phi) is 3.71. The number of tetrazole rings is 1. The third-order valence-electron chi connectivity index (χ3n) is 2.81. The van der Waals surface area contributed by atoms with Gasteiger partial charge in [-0.05, 0) is 35.5 Å². The average molecular weight is 316 g/mol. The molecule has 2 aromatic carbocycles. The summed E-state index contributed by atoms with van der Waals surface area (Å²) in [6, 6.07) is 13.4. The molecule has 0 spiro atoms. The van der Waals surface area contributed by atoms with Gasteiger partial charge in [-0.1, -0.05) is 29.8 Å². The highest BCUT2D eigenvalue weighted by molar-refractivity contribution is 6.31. The number of rotatable bonds is 3. The van der Waals surface area contributed by atoms with Crippen LogP contribution in [0, 0.1) is 0 Å². The van der Waals surface area contributed by atoms with E-state index in [1.165, 1.54) is 23.0 Å². The van der Waals surface area contributed by atoms with Crippen molar-refractivity contribution in [2.75, 3.05) is 5.32 Å². The van der Waals surface area contributed by atoms with Crippen molar-refractivity contribution < 1.29 is 9.90 Å². The van der Waals surface area contributed by atoms with Crippen molar-refractivity contribution in [3.8, 4) is 11.4 Å². The lowest BCUT2D eigenvalue weighted by atomic mass is 10.3. The van der Waals surface area contributed by atoms with Gasteiger partial charge in [-0.2, -0.15) is 0 Å². The Balaban J connectivity index is 1.81. The summed E-state index contributed by atoms with van der Waals surface area (Å²) in [6.07, 6.45) is 0. The Labute approximate surface area is 130 Å². The maximum atomic E-state index is 12.1. The van der Waals surface area contributed by atoms with Gasteiger partial charge in [-0.25, -0.2) is 0 Å². The Bertz CT molecular complexity index is 819. The van der Waals surface area contributed by atoms with E-state index in [0.717, 1.165) is 0 Å². The van der Waals surface area contributed by atoms with Crippen LogP contribution in [-0.2, 0) is 0 Å². The topological polar surface area (TPSA) is 92.9 Å². The van der Waals surface area contributed by atoms with Crippen LogP contribution in [-0.4, -0.2) is 31.2 Å². The number of halogens is 1. The minimum absolute atomic E-state index is 0.104. The number of carbonyl (C=O) groups is 1. The second-order valence-electron chi connectivity index (χ2n) is 4.35. The maximum absolute atomic E-state index is 12.1. The van der Waals surface area contributed by atoms with Gasteiger partial charge in [0.05, 0.1) is 11.4 Å². The van der Waals surface area contributed by atoms with Crippen molar-refractivity contribution in [3.05, 3.63) is 59.4 Å². The Morgan fingerprint density at radius 3 is 2.73 bits per heavy atom. The molecule has 8 heteroatoms. The monoisotopic (exact) mass is 315 g/mol. The van der Waals surface area contributed by atoms with Gasteiger partial charge in [0, 0.05) is 5.02 Å². The van der Waals surface area contributed by atoms with Crippen molar-refractivity contribution >= 4 is 23.2 Å². The second kappa shape index (κ2) is 5.82. The van der Waals surface area contributed by atoms with Crippen LogP contribution in [0.15, 0.2) is 48.5 Å². The molecule has 0 fully saturated rings. The molecule has 1 amide bonds. The summed E-state index contributed by atoms with van der Waals surface area (Å²) >= 11 is 5.82. The molecule has 3 rings (SSSR count). The molecule has 1 heterocycles. The molecule has 0 aliphatic heterocycles. The number of hydrogen-bond acceptors (Lipinski definition) is 5. The number of aromatic nitrogens is 4. The zero-order valence-electron chi connectivity index (χ0n) is 11.1. The molecule has 3 aromatic rings. The lowest BCUT2D eigenvalue weighted by Gasteiger charge is -2.05. The van der Waals surface area contributed by atoms with Crippen LogP contribution < -0.4 is 5.32 Å². The standard InChI is InChI=1S/C14H10ClN5O2/c15-9-6-7-12(21)11(8-9)16-14(22)13-17-19-20(18-13)10-4-2-1-3-5-10/h1-8,21H,(H,16,22). The number of carbonyl (C=O) groups excluding carboxylic acids is 1. The van der Waals surface area contributed by atoms with Crippen LogP contribution in [0.5, 0.6) is 5.75 Å². The molecule has 7 nitrogen and oxygen atoms in total. The smallest absolute Gasteiger partial charge is 0.297 e. The van der Waals surface area contributed by atoms with E-state index in [2.05, 4.69) is 20.7 Å². The number of amides is 1. The molecule has 0 aliphatic carbocycles. The number of aromatic hydroxyl groups is 1. The van der Waals surface area contributed by atoms with Gasteiger partial charge in [0.25, 0.3) is 11.7 Å². The Morgan fingerprint density at radius 1 is 1.18 bits per heavy atom. The van der Waals surface area contributed by atoms with E-state index in [4.69, 9.17) is 11.6 Å². The number of phenols is 1. The van der Waals surface area contributed by atoms with Gasteiger partial charge < -0.3 is 10.4 Å². The number of phenolic OH excluding ortho intramolecular Hbond substituents is 1. The van der Waals surface area contributed by atoms with Crippen LogP contribution >= 0.6 is 11.6 Å². The number of hydrogen-bond donors (Lipinski definition) is 2. The van der Waals surface area contributed by atoms with Crippen molar-refractivity contribution in [2.24, 2.45) is 0 Å². The first-order valence-corrected chi connectivity index (χ1v) is 6.66. The number of nitrogens with zero attached hydrogens (tertiary/aromatic N) is 4. The van der Waals surface area contributed by atoms with Crippen LogP contribution in [0.25, 0.3) is 5.69 Å². The zero-order valence-corrected chi connectivity index (χ0v) is 11.9. The van der Waals surface area contributed by atoms with Gasteiger partial charge in [0.2, 0.25) is 0 Å². The highest BCUT2D eigenvalue weighted by atomic mass is 35.5. The first kappa shape index (κ1) is 14.0. The quantitative estimate of drug-likeness (QED) is 0.723. The summed E-state index contributed by atoms with van der Waals surface area (Å²) in [5.74, 6) is -0.823. The van der Waals surface area contributed by atoms with Crippen LogP contribution in [0.1, 0.15) is 10.6 Å². The first-order chi connectivity index (χ1) is 10.6. The van der Waals surface area contributed by atoms with Crippen LogP contribution in [0.3, 0.4) is 0 Å². The van der Waals surface area contributed by atoms with Crippen LogP contribution in [0.4, 0.5) is 5.69 Å². The van der Waals surface area contributed by atoms with E-state index in [1.54, 1.807) is 12.1 Å². The van der Waals surface area contributed by atoms with Crippen molar-refractivity contribution in [1.82, 2.24) is 20.2 Å². The predicted molar refractivity (Wildman–Crippen MR) is 80.2 cm³/mol. The minimum atomic E-state index is -0.597. The SMILES string of the molecule is O=C(Nc1cc(Cl)ccc1O)c1nnn(-c2ccccc2)n1. The van der Waals surface area contributed by atoms with Gasteiger partial charge in [-0.3, -0.25) is 4.79 Å². The second-order valence-corrected chi connectivity index (χ2v) is 4.79. The summed E-state index contributed by atoms with van der Waals surface area (Å²) in [6.45, 7) is 0. The zero-order chi connectivity index (χ0) is 15.5. The largest absolute Gasteiger partial charge is 0.506 e. The van der Waals surface area contributed by atoms with Crippen molar-refractivity contribution in [2.45, 2.75) is 0 Å². The minimum Gasteiger partial charge on any atom is -0.506 e. The van der Waals surface area contributed by atoms with Gasteiger partial charge >= 0.3 is 0 Å². The number of anilines is 1. The predicted octanol–water partition coefficient (Wildman–Crippen LogP) is 2.27. The lowest BCUT2D eigenvalue weighted by Crippen LogP contribution is -2.14. The molecule has 0 unspecified atom stereocenters. The molecule has 1 aromatic heterocycles. The fourth-order valence-electron chi connectivity index (χ4n) is 1.76. The molecule has 0 saturated heterocycles. The average Bonchev–Trinajstić information content (AvgIpc) is 3.02. The fraction of sp³-hybridized carbons (Fsp3) is 0. The lowest BCUT2D eigenvalue weighted by molar-refractivity contribution is 0.101. The van der Waals surface area contributed by atoms with Crippen LogP contribution in [0.2, 0.25) is 5.02 Å². The molecule has 0 bridgehead atoms. The first-order valence-electron chi connectivity index (χ1n) is 6.29. The van der Waals surface area contributed by atoms with E-state index in [0.29, 0.717) is 10.7 Å². The van der Waals surface area contributed by atoms with E-state index in [1.807, 2.05) is 18.2 Å². The fourth-order valence-corrected chi connectivity index (χ4v) is 1.93. The molecule has 110 valence electrons. The number of nitrogens with one attached hydrogen (secondary N) is 1. The summed E-state index contributed by atoms with van der Waals surface area (Å²) in [5, 5.41) is 24.1. The van der Waals surface area contributed by atoms with E-state index in [-0.39, 0.29) is 17.3 Å². The van der Waals surface area contributed by atoms with E-state index < -0.39 is 5.91 Å². The van der Waals surface area contributed by atoms with Gasteiger partial charge in [0.1, 0.15) is 5.75 Å². The number of benzene rings is 2. The molecule has 0 atom stereocenters. The van der Waals surface area contributed by atoms with Gasteiger partial charge in [0.15, 0.2) is 0 Å². The molecule has 22 heavy (non-hydrogen) atoms. The summed E-state index contributed by atoms with van der Waals surface area (Å²) in [4.78, 5) is 13.3. The van der Waals surface area contributed by atoms with E-state index >= 15 is 0 Å². The van der Waals surface area contributed by atoms with Gasteiger partial charge in [-0.15, -0.1) is 15.0 Å². The van der Waals surface area contributed by atoms with Crippen molar-refractivity contribution in [1.29, 1.82) is 0 Å². The van der Waals surface area contributed by atoms with Crippen molar-refractivity contribution in [3.63, 3.8) is 0 Å². The summed E-state index contributed by atoms with van der Waals surface area (Å²) in [7, 11) is 0.